The van der Waals surface area contributed by atoms with Gasteiger partial charge >= 0.3 is 6.09 Å². The van der Waals surface area contributed by atoms with Crippen molar-refractivity contribution >= 4 is 23.6 Å². The van der Waals surface area contributed by atoms with Crippen LogP contribution >= 0.6 is 0 Å². The van der Waals surface area contributed by atoms with E-state index in [0.717, 1.165) is 31.2 Å². The number of amides is 3. The van der Waals surface area contributed by atoms with Crippen LogP contribution in [0.5, 0.6) is 0 Å². The fourth-order valence-electron chi connectivity index (χ4n) is 3.69. The van der Waals surface area contributed by atoms with Crippen LogP contribution in [0, 0.1) is 6.92 Å². The molecule has 0 aliphatic rings. The first kappa shape index (κ1) is 27.9. The molecule has 0 aliphatic heterocycles. The number of nitrogens with one attached hydrogen (secondary N) is 2. The number of nitrogens with zero attached hydrogens (tertiary/aromatic N) is 1. The molecule has 35 heavy (non-hydrogen) atoms. The Morgan fingerprint density at radius 3 is 2.23 bits per heavy atom. The fourth-order valence-corrected chi connectivity index (χ4v) is 3.69. The fraction of sp³-hybridized carbons (Fsp3) is 0.464. The van der Waals surface area contributed by atoms with Crippen molar-refractivity contribution in [2.24, 2.45) is 0 Å². The average molecular weight is 482 g/mol. The SMILES string of the molecule is CCCCCCN(C(=O)CNC(=O)OC(C)(C)C)C(C(=O)Nc1ccccc1C)c1ccccc1. The molecule has 0 aliphatic carbocycles. The van der Waals surface area contributed by atoms with Crippen LogP contribution in [0.25, 0.3) is 0 Å². The molecule has 0 saturated carbocycles. The van der Waals surface area contributed by atoms with Crippen molar-refractivity contribution in [2.45, 2.75) is 71.9 Å². The number of carbonyl (C=O) groups is 3. The van der Waals surface area contributed by atoms with Gasteiger partial charge < -0.3 is 20.3 Å². The number of ether oxygens (including phenoxy) is 1. The van der Waals surface area contributed by atoms with Crippen LogP contribution in [0.15, 0.2) is 54.6 Å². The minimum absolute atomic E-state index is 0.260. The van der Waals surface area contributed by atoms with Crippen molar-refractivity contribution in [3.8, 4) is 0 Å². The van der Waals surface area contributed by atoms with Crippen molar-refractivity contribution in [1.82, 2.24) is 10.2 Å². The number of carbonyl (C=O) groups excluding carboxylic acids is 3. The van der Waals surface area contributed by atoms with Crippen LogP contribution in [0.2, 0.25) is 0 Å². The maximum Gasteiger partial charge on any atom is 0.408 e. The van der Waals surface area contributed by atoms with Gasteiger partial charge in [-0.15, -0.1) is 0 Å². The highest BCUT2D eigenvalue weighted by Crippen LogP contribution is 2.25. The van der Waals surface area contributed by atoms with E-state index in [4.69, 9.17) is 4.74 Å². The molecular formula is C28H39N3O4. The lowest BCUT2D eigenvalue weighted by molar-refractivity contribution is -0.138. The number of unbranched alkanes of at least 4 members (excludes halogenated alkanes) is 3. The van der Waals surface area contributed by atoms with Crippen LogP contribution in [0.3, 0.4) is 0 Å². The van der Waals surface area contributed by atoms with Gasteiger partial charge in [0.15, 0.2) is 0 Å². The molecule has 0 bridgehead atoms. The van der Waals surface area contributed by atoms with E-state index in [1.807, 2.05) is 61.5 Å². The summed E-state index contributed by atoms with van der Waals surface area (Å²) in [6.07, 6.45) is 3.14. The normalized spacial score (nSPS) is 11.9. The summed E-state index contributed by atoms with van der Waals surface area (Å²) < 4.78 is 5.27. The number of rotatable bonds is 11. The van der Waals surface area contributed by atoms with E-state index in [9.17, 15) is 14.4 Å². The predicted octanol–water partition coefficient (Wildman–Crippen LogP) is 5.61. The minimum Gasteiger partial charge on any atom is -0.444 e. The zero-order valence-corrected chi connectivity index (χ0v) is 21.6. The van der Waals surface area contributed by atoms with Crippen LogP contribution in [-0.4, -0.2) is 41.5 Å². The molecule has 0 saturated heterocycles. The molecule has 7 nitrogen and oxygen atoms in total. The summed E-state index contributed by atoms with van der Waals surface area (Å²) in [6.45, 7) is 9.46. The van der Waals surface area contributed by atoms with Crippen LogP contribution < -0.4 is 10.6 Å². The monoisotopic (exact) mass is 481 g/mol. The summed E-state index contributed by atoms with van der Waals surface area (Å²) in [6, 6.07) is 15.9. The molecule has 190 valence electrons. The smallest absolute Gasteiger partial charge is 0.408 e. The summed E-state index contributed by atoms with van der Waals surface area (Å²) >= 11 is 0. The van der Waals surface area contributed by atoms with Crippen molar-refractivity contribution < 1.29 is 19.1 Å². The lowest BCUT2D eigenvalue weighted by Gasteiger charge is -2.32. The molecule has 0 radical (unpaired) electrons. The molecule has 0 aromatic heterocycles. The van der Waals surface area contributed by atoms with Gasteiger partial charge in [0.2, 0.25) is 5.91 Å². The second-order valence-electron chi connectivity index (χ2n) is 9.62. The zero-order valence-electron chi connectivity index (χ0n) is 21.6. The third kappa shape index (κ3) is 9.43. The van der Waals surface area contributed by atoms with E-state index in [1.165, 1.54) is 0 Å². The van der Waals surface area contributed by atoms with Gasteiger partial charge in [-0.1, -0.05) is 74.7 Å². The van der Waals surface area contributed by atoms with Gasteiger partial charge in [0.05, 0.1) is 0 Å². The molecular weight excluding hydrogens is 442 g/mol. The summed E-state index contributed by atoms with van der Waals surface area (Å²) in [5.74, 6) is -0.646. The predicted molar refractivity (Wildman–Crippen MR) is 139 cm³/mol. The largest absolute Gasteiger partial charge is 0.444 e. The standard InChI is InChI=1S/C28H39N3O4/c1-6-7-8-14-19-31(24(32)20-29-27(34)35-28(3,4)5)25(22-16-10-9-11-17-22)26(33)30-23-18-13-12-15-21(23)2/h9-13,15-18,25H,6-8,14,19-20H2,1-5H3,(H,29,34)(H,30,33). The summed E-state index contributed by atoms with van der Waals surface area (Å²) in [4.78, 5) is 40.7. The minimum atomic E-state index is -0.842. The number of aryl methyl sites for hydroxylation is 1. The van der Waals surface area contributed by atoms with Gasteiger partial charge in [0, 0.05) is 12.2 Å². The molecule has 7 heteroatoms. The number of para-hydroxylation sites is 1. The van der Waals surface area contributed by atoms with Gasteiger partial charge in [-0.25, -0.2) is 4.79 Å². The molecule has 3 amide bonds. The van der Waals surface area contributed by atoms with E-state index in [0.29, 0.717) is 17.8 Å². The van der Waals surface area contributed by atoms with Crippen molar-refractivity contribution in [3.63, 3.8) is 0 Å². The number of anilines is 1. The molecule has 2 N–H and O–H groups in total. The quantitative estimate of drug-likeness (QED) is 0.409. The number of benzene rings is 2. The third-order valence-corrected chi connectivity index (χ3v) is 5.43. The Balaban J connectivity index is 2.31. The Morgan fingerprint density at radius 1 is 0.943 bits per heavy atom. The molecule has 0 spiro atoms. The van der Waals surface area contributed by atoms with Gasteiger partial charge in [-0.2, -0.15) is 0 Å². The second kappa shape index (κ2) is 13.5. The highest BCUT2D eigenvalue weighted by molar-refractivity contribution is 5.98. The van der Waals surface area contributed by atoms with Gasteiger partial charge in [-0.05, 0) is 51.3 Å². The first-order valence-electron chi connectivity index (χ1n) is 12.3. The molecule has 1 unspecified atom stereocenters. The highest BCUT2D eigenvalue weighted by atomic mass is 16.6. The van der Waals surface area contributed by atoms with E-state index in [2.05, 4.69) is 17.6 Å². The lowest BCUT2D eigenvalue weighted by atomic mass is 10.0. The Kier molecular flexibility index (Phi) is 10.8. The van der Waals surface area contributed by atoms with Crippen molar-refractivity contribution in [3.05, 3.63) is 65.7 Å². The highest BCUT2D eigenvalue weighted by Gasteiger charge is 2.31. The first-order valence-corrected chi connectivity index (χ1v) is 12.3. The first-order chi connectivity index (χ1) is 16.6. The van der Waals surface area contributed by atoms with E-state index >= 15 is 0 Å². The Morgan fingerprint density at radius 2 is 1.60 bits per heavy atom. The third-order valence-electron chi connectivity index (χ3n) is 5.43. The number of hydrogen-bond acceptors (Lipinski definition) is 4. The summed E-state index contributed by atoms with van der Waals surface area (Å²) in [5.41, 5.74) is 1.66. The zero-order chi connectivity index (χ0) is 25.8. The molecule has 1 atom stereocenters. The maximum absolute atomic E-state index is 13.6. The van der Waals surface area contributed by atoms with Crippen molar-refractivity contribution in [1.29, 1.82) is 0 Å². The summed E-state index contributed by atoms with van der Waals surface area (Å²) in [7, 11) is 0. The molecule has 0 fully saturated rings. The van der Waals surface area contributed by atoms with E-state index in [-0.39, 0.29) is 18.4 Å². The van der Waals surface area contributed by atoms with Gasteiger partial charge in [0.1, 0.15) is 18.2 Å². The molecule has 2 aromatic carbocycles. The Hall–Kier alpha value is -3.35. The van der Waals surface area contributed by atoms with E-state index < -0.39 is 17.7 Å². The number of alkyl carbamates (subject to hydrolysis) is 1. The van der Waals surface area contributed by atoms with Gasteiger partial charge in [-0.3, -0.25) is 9.59 Å². The Bertz CT molecular complexity index is 970. The Labute approximate surface area is 209 Å². The average Bonchev–Trinajstić information content (AvgIpc) is 2.80. The van der Waals surface area contributed by atoms with Gasteiger partial charge in [0.25, 0.3) is 5.91 Å². The maximum atomic E-state index is 13.6. The van der Waals surface area contributed by atoms with Crippen LogP contribution in [0.4, 0.5) is 10.5 Å². The van der Waals surface area contributed by atoms with Crippen LogP contribution in [0.1, 0.15) is 70.5 Å². The van der Waals surface area contributed by atoms with E-state index in [1.54, 1.807) is 25.7 Å². The lowest BCUT2D eigenvalue weighted by Crippen LogP contribution is -2.47. The number of hydrogen-bond donors (Lipinski definition) is 2. The molecule has 0 heterocycles. The molecule has 2 rings (SSSR count). The second-order valence-corrected chi connectivity index (χ2v) is 9.62. The topological polar surface area (TPSA) is 87.7 Å². The van der Waals surface area contributed by atoms with Crippen LogP contribution in [-0.2, 0) is 14.3 Å². The molecule has 2 aromatic rings. The van der Waals surface area contributed by atoms with Crippen molar-refractivity contribution in [2.75, 3.05) is 18.4 Å². The summed E-state index contributed by atoms with van der Waals surface area (Å²) in [5, 5.41) is 5.54.